The van der Waals surface area contributed by atoms with Gasteiger partial charge in [0.2, 0.25) is 5.12 Å². The Morgan fingerprint density at radius 1 is 1.12 bits per heavy atom. The summed E-state index contributed by atoms with van der Waals surface area (Å²) >= 11 is 0.710. The van der Waals surface area contributed by atoms with Crippen LogP contribution in [0.15, 0.2) is 0 Å². The van der Waals surface area contributed by atoms with Gasteiger partial charge in [-0.15, -0.1) is 0 Å². The molecule has 0 aromatic heterocycles. The van der Waals surface area contributed by atoms with Gasteiger partial charge in [-0.05, 0) is 6.42 Å². The van der Waals surface area contributed by atoms with Gasteiger partial charge in [0.05, 0.1) is 6.04 Å². The predicted molar refractivity (Wildman–Crippen MR) is 57.9 cm³/mol. The molecule has 0 rings (SSSR count). The van der Waals surface area contributed by atoms with E-state index in [1.165, 1.54) is 0 Å². The number of hydrogen-bond donors (Lipinski definition) is 4. The molecule has 0 radical (unpaired) electrons. The van der Waals surface area contributed by atoms with E-state index in [0.717, 1.165) is 0 Å². The molecule has 16 heavy (non-hydrogen) atoms. The van der Waals surface area contributed by atoms with Crippen LogP contribution in [0.25, 0.3) is 0 Å². The van der Waals surface area contributed by atoms with Crippen molar-refractivity contribution in [3.63, 3.8) is 0 Å². The van der Waals surface area contributed by atoms with E-state index in [0.29, 0.717) is 11.8 Å². The summed E-state index contributed by atoms with van der Waals surface area (Å²) in [7, 11) is 0. The van der Waals surface area contributed by atoms with Crippen LogP contribution >= 0.6 is 11.8 Å². The molecule has 0 spiro atoms. The molecule has 6 N–H and O–H groups in total. The molecule has 0 saturated carbocycles. The van der Waals surface area contributed by atoms with E-state index in [4.69, 9.17) is 21.7 Å². The van der Waals surface area contributed by atoms with Crippen LogP contribution in [0, 0.1) is 0 Å². The van der Waals surface area contributed by atoms with Gasteiger partial charge in [0.25, 0.3) is 0 Å². The maximum absolute atomic E-state index is 11.3. The number of carbonyl (C=O) groups excluding carboxylic acids is 1. The second kappa shape index (κ2) is 7.20. The third-order valence-corrected chi connectivity index (χ3v) is 2.81. The molecule has 0 bridgehead atoms. The van der Waals surface area contributed by atoms with Gasteiger partial charge in [-0.3, -0.25) is 14.4 Å². The molecule has 92 valence electrons. The highest BCUT2D eigenvalue weighted by molar-refractivity contribution is 8.13. The Bertz CT molecular complexity index is 284. The van der Waals surface area contributed by atoms with Gasteiger partial charge in [0.15, 0.2) is 0 Å². The van der Waals surface area contributed by atoms with Crippen molar-refractivity contribution in [1.82, 2.24) is 0 Å². The predicted octanol–water partition coefficient (Wildman–Crippen LogP) is -1.15. The minimum Gasteiger partial charge on any atom is -0.481 e. The normalized spacial score (nSPS) is 14.1. The van der Waals surface area contributed by atoms with Crippen molar-refractivity contribution in [2.24, 2.45) is 11.5 Å². The first-order chi connectivity index (χ1) is 7.34. The lowest BCUT2D eigenvalue weighted by atomic mass is 10.2. The molecule has 0 aliphatic heterocycles. The second-order valence-electron chi connectivity index (χ2n) is 3.11. The first kappa shape index (κ1) is 14.9. The molecule has 0 amide bonds. The van der Waals surface area contributed by atoms with E-state index < -0.39 is 29.1 Å². The van der Waals surface area contributed by atoms with Crippen molar-refractivity contribution in [2.75, 3.05) is 5.75 Å². The van der Waals surface area contributed by atoms with E-state index >= 15 is 0 Å². The minimum absolute atomic E-state index is 0.0312. The molecule has 0 heterocycles. The molecular weight excluding hydrogens is 236 g/mol. The van der Waals surface area contributed by atoms with Gasteiger partial charge < -0.3 is 21.7 Å². The lowest BCUT2D eigenvalue weighted by Gasteiger charge is -2.09. The number of carboxylic acid groups (broad SMARTS) is 2. The van der Waals surface area contributed by atoms with Crippen molar-refractivity contribution < 1.29 is 24.6 Å². The summed E-state index contributed by atoms with van der Waals surface area (Å²) in [6, 6.07) is -2.03. The highest BCUT2D eigenvalue weighted by atomic mass is 32.2. The Balaban J connectivity index is 3.87. The van der Waals surface area contributed by atoms with Gasteiger partial charge in [-0.25, -0.2) is 0 Å². The number of thioether (sulfide) groups is 1. The monoisotopic (exact) mass is 250 g/mol. The Labute approximate surface area is 96.2 Å². The smallest absolute Gasteiger partial charge is 0.321 e. The van der Waals surface area contributed by atoms with Crippen LogP contribution in [-0.2, 0) is 14.4 Å². The SMILES string of the molecule is N[C@H](CSC(=O)[C@H](N)CCC(=O)O)C(=O)O. The van der Waals surface area contributed by atoms with Crippen LogP contribution in [0.1, 0.15) is 12.8 Å². The lowest BCUT2D eigenvalue weighted by molar-refractivity contribution is -0.138. The summed E-state index contributed by atoms with van der Waals surface area (Å²) in [5, 5.41) is 16.4. The second-order valence-corrected chi connectivity index (χ2v) is 4.14. The largest absolute Gasteiger partial charge is 0.481 e. The number of carbonyl (C=O) groups is 3. The highest BCUT2D eigenvalue weighted by Crippen LogP contribution is 2.09. The molecular formula is C8H14N2O5S. The fourth-order valence-electron chi connectivity index (χ4n) is 0.747. The zero-order valence-corrected chi connectivity index (χ0v) is 9.27. The summed E-state index contributed by atoms with van der Waals surface area (Å²) in [4.78, 5) is 31.8. The average molecular weight is 250 g/mol. The number of carboxylic acids is 2. The van der Waals surface area contributed by atoms with Crippen LogP contribution in [-0.4, -0.2) is 45.1 Å². The van der Waals surface area contributed by atoms with Crippen LogP contribution in [0.5, 0.6) is 0 Å². The Morgan fingerprint density at radius 2 is 1.69 bits per heavy atom. The topological polar surface area (TPSA) is 144 Å². The van der Waals surface area contributed by atoms with Crippen LogP contribution in [0.4, 0.5) is 0 Å². The quantitative estimate of drug-likeness (QED) is 0.443. The van der Waals surface area contributed by atoms with Gasteiger partial charge in [-0.2, -0.15) is 0 Å². The number of rotatable bonds is 7. The molecule has 0 aromatic rings. The van der Waals surface area contributed by atoms with Crippen molar-refractivity contribution >= 4 is 28.8 Å². The number of nitrogens with two attached hydrogens (primary N) is 2. The van der Waals surface area contributed by atoms with E-state index in [2.05, 4.69) is 0 Å². The van der Waals surface area contributed by atoms with E-state index in [1.807, 2.05) is 0 Å². The molecule has 0 aromatic carbocycles. The third-order valence-electron chi connectivity index (χ3n) is 1.69. The zero-order chi connectivity index (χ0) is 12.7. The fourth-order valence-corrected chi connectivity index (χ4v) is 1.57. The first-order valence-corrected chi connectivity index (χ1v) is 5.45. The van der Waals surface area contributed by atoms with E-state index in [1.54, 1.807) is 0 Å². The summed E-state index contributed by atoms with van der Waals surface area (Å²) in [5.74, 6) is -2.30. The summed E-state index contributed by atoms with van der Waals surface area (Å²) in [6.07, 6.45) is -0.165. The van der Waals surface area contributed by atoms with Crippen molar-refractivity contribution in [3.05, 3.63) is 0 Å². The van der Waals surface area contributed by atoms with Gasteiger partial charge >= 0.3 is 11.9 Å². The van der Waals surface area contributed by atoms with Crippen LogP contribution < -0.4 is 11.5 Å². The van der Waals surface area contributed by atoms with Gasteiger partial charge in [0.1, 0.15) is 6.04 Å². The highest BCUT2D eigenvalue weighted by Gasteiger charge is 2.19. The minimum atomic E-state index is -1.19. The molecule has 2 atom stereocenters. The summed E-state index contributed by atoms with van der Waals surface area (Å²) in [5.41, 5.74) is 10.6. The fraction of sp³-hybridized carbons (Fsp3) is 0.625. The van der Waals surface area contributed by atoms with Crippen molar-refractivity contribution in [2.45, 2.75) is 24.9 Å². The molecule has 7 nitrogen and oxygen atoms in total. The molecule has 0 saturated heterocycles. The maximum atomic E-state index is 11.3. The standard InChI is InChI=1S/C8H14N2O5S/c9-4(1-2-6(11)12)8(15)16-3-5(10)7(13)14/h4-5H,1-3,9-10H2,(H,11,12)(H,13,14)/t4-,5-/m1/s1. The Morgan fingerprint density at radius 3 is 2.12 bits per heavy atom. The summed E-state index contributed by atoms with van der Waals surface area (Å²) < 4.78 is 0. The Kier molecular flexibility index (Phi) is 6.70. The van der Waals surface area contributed by atoms with Crippen molar-refractivity contribution in [1.29, 1.82) is 0 Å². The molecule has 0 aliphatic carbocycles. The van der Waals surface area contributed by atoms with Crippen LogP contribution in [0.3, 0.4) is 0 Å². The van der Waals surface area contributed by atoms with Gasteiger partial charge in [-0.1, -0.05) is 11.8 Å². The average Bonchev–Trinajstić information content (AvgIpc) is 2.21. The molecule has 8 heteroatoms. The maximum Gasteiger partial charge on any atom is 0.321 e. The molecule has 0 aliphatic rings. The third kappa shape index (κ3) is 6.38. The Hall–Kier alpha value is -1.12. The van der Waals surface area contributed by atoms with Gasteiger partial charge in [0, 0.05) is 12.2 Å². The lowest BCUT2D eigenvalue weighted by Crippen LogP contribution is -2.35. The first-order valence-electron chi connectivity index (χ1n) is 4.47. The molecule has 0 fully saturated rings. The van der Waals surface area contributed by atoms with E-state index in [9.17, 15) is 14.4 Å². The van der Waals surface area contributed by atoms with Crippen LogP contribution in [0.2, 0.25) is 0 Å². The molecule has 0 unspecified atom stereocenters. The zero-order valence-electron chi connectivity index (χ0n) is 8.46. The number of hydrogen-bond acceptors (Lipinski definition) is 6. The number of aliphatic carboxylic acids is 2. The summed E-state index contributed by atoms with van der Waals surface area (Å²) in [6.45, 7) is 0. The van der Waals surface area contributed by atoms with Crippen molar-refractivity contribution in [3.8, 4) is 0 Å². The van der Waals surface area contributed by atoms with E-state index in [-0.39, 0.29) is 18.6 Å².